The van der Waals surface area contributed by atoms with Crippen LogP contribution in [0.15, 0.2) is 0 Å². The highest BCUT2D eigenvalue weighted by molar-refractivity contribution is 4.89. The molecule has 0 saturated carbocycles. The Labute approximate surface area is 74.5 Å². The summed E-state index contributed by atoms with van der Waals surface area (Å²) < 4.78 is 5.78. The van der Waals surface area contributed by atoms with Crippen LogP contribution < -0.4 is 5.73 Å². The summed E-state index contributed by atoms with van der Waals surface area (Å²) in [7, 11) is 0. The molecule has 0 amide bonds. The molecule has 2 aliphatic rings. The number of hydrogen-bond acceptors (Lipinski definition) is 2. The number of rotatable bonds is 3. The Morgan fingerprint density at radius 1 is 1.50 bits per heavy atom. The zero-order valence-corrected chi connectivity index (χ0v) is 7.83. The Morgan fingerprint density at radius 2 is 2.33 bits per heavy atom. The SMILES string of the molecule is C[C@@H](N)CCC1CC2CCC1O2. The second-order valence-corrected chi connectivity index (χ2v) is 4.42. The van der Waals surface area contributed by atoms with E-state index in [9.17, 15) is 0 Å². The molecule has 2 N–H and O–H groups in total. The van der Waals surface area contributed by atoms with Crippen LogP contribution in [0.2, 0.25) is 0 Å². The molecule has 0 aromatic rings. The lowest BCUT2D eigenvalue weighted by atomic mass is 9.85. The first kappa shape index (κ1) is 8.52. The first-order valence-corrected chi connectivity index (χ1v) is 5.16. The molecule has 12 heavy (non-hydrogen) atoms. The minimum Gasteiger partial charge on any atom is -0.375 e. The van der Waals surface area contributed by atoms with Crippen LogP contribution in [0, 0.1) is 5.92 Å². The normalized spacial score (nSPS) is 42.0. The van der Waals surface area contributed by atoms with Gasteiger partial charge in [-0.1, -0.05) is 0 Å². The summed E-state index contributed by atoms with van der Waals surface area (Å²) in [5.41, 5.74) is 5.73. The molecule has 0 aromatic carbocycles. The third kappa shape index (κ3) is 1.64. The van der Waals surface area contributed by atoms with Gasteiger partial charge < -0.3 is 10.5 Å². The average molecular weight is 169 g/mol. The van der Waals surface area contributed by atoms with Gasteiger partial charge >= 0.3 is 0 Å². The van der Waals surface area contributed by atoms with Gasteiger partial charge in [0, 0.05) is 6.04 Å². The van der Waals surface area contributed by atoms with Crippen molar-refractivity contribution in [1.29, 1.82) is 0 Å². The van der Waals surface area contributed by atoms with E-state index in [0.717, 1.165) is 12.3 Å². The van der Waals surface area contributed by atoms with Crippen LogP contribution in [0.4, 0.5) is 0 Å². The van der Waals surface area contributed by atoms with Gasteiger partial charge in [-0.15, -0.1) is 0 Å². The molecular weight excluding hydrogens is 150 g/mol. The van der Waals surface area contributed by atoms with Crippen LogP contribution >= 0.6 is 0 Å². The summed E-state index contributed by atoms with van der Waals surface area (Å²) in [4.78, 5) is 0. The van der Waals surface area contributed by atoms with Crippen LogP contribution in [0.5, 0.6) is 0 Å². The Morgan fingerprint density at radius 3 is 2.83 bits per heavy atom. The highest BCUT2D eigenvalue weighted by Crippen LogP contribution is 2.40. The van der Waals surface area contributed by atoms with Gasteiger partial charge in [-0.05, 0) is 44.9 Å². The molecule has 0 aromatic heterocycles. The standard InChI is InChI=1S/C10H19NO/c1-7(11)2-3-8-6-9-4-5-10(8)12-9/h7-10H,2-6,11H2,1H3/t7-,8?,9?,10?/m1/s1. The van der Waals surface area contributed by atoms with Crippen LogP contribution in [0.25, 0.3) is 0 Å². The topological polar surface area (TPSA) is 35.2 Å². The van der Waals surface area contributed by atoms with Crippen LogP contribution in [-0.2, 0) is 4.74 Å². The van der Waals surface area contributed by atoms with Gasteiger partial charge in [0.25, 0.3) is 0 Å². The molecule has 0 aliphatic carbocycles. The molecule has 2 bridgehead atoms. The zero-order valence-electron chi connectivity index (χ0n) is 7.83. The van der Waals surface area contributed by atoms with Gasteiger partial charge in [-0.3, -0.25) is 0 Å². The quantitative estimate of drug-likeness (QED) is 0.697. The van der Waals surface area contributed by atoms with E-state index in [2.05, 4.69) is 6.92 Å². The smallest absolute Gasteiger partial charge is 0.0609 e. The molecule has 2 saturated heterocycles. The van der Waals surface area contributed by atoms with Gasteiger partial charge in [-0.25, -0.2) is 0 Å². The fraction of sp³-hybridized carbons (Fsp3) is 1.00. The van der Waals surface area contributed by atoms with Crippen molar-refractivity contribution >= 4 is 0 Å². The maximum absolute atomic E-state index is 5.78. The highest BCUT2D eigenvalue weighted by atomic mass is 16.5. The molecule has 2 heteroatoms. The first-order valence-electron chi connectivity index (χ1n) is 5.16. The van der Waals surface area contributed by atoms with Crippen LogP contribution in [0.1, 0.15) is 39.0 Å². The van der Waals surface area contributed by atoms with Crippen molar-refractivity contribution < 1.29 is 4.74 Å². The summed E-state index contributed by atoms with van der Waals surface area (Å²) in [6.07, 6.45) is 7.54. The van der Waals surface area contributed by atoms with E-state index in [0.29, 0.717) is 18.2 Å². The lowest BCUT2D eigenvalue weighted by molar-refractivity contribution is 0.0907. The molecule has 2 fully saturated rings. The Bertz CT molecular complexity index is 158. The largest absolute Gasteiger partial charge is 0.375 e. The number of ether oxygens (including phenoxy) is 1. The number of nitrogens with two attached hydrogens (primary N) is 1. The third-order valence-electron chi connectivity index (χ3n) is 3.22. The summed E-state index contributed by atoms with van der Waals surface area (Å²) in [6, 6.07) is 0.365. The molecule has 70 valence electrons. The van der Waals surface area contributed by atoms with Crippen molar-refractivity contribution in [2.75, 3.05) is 0 Å². The molecule has 2 rings (SSSR count). The van der Waals surface area contributed by atoms with Crippen molar-refractivity contribution in [3.05, 3.63) is 0 Å². The molecule has 3 unspecified atom stereocenters. The molecular formula is C10H19NO. The minimum absolute atomic E-state index is 0.365. The predicted octanol–water partition coefficient (Wildman–Crippen LogP) is 1.68. The number of fused-ring (bicyclic) bond motifs is 2. The monoisotopic (exact) mass is 169 g/mol. The van der Waals surface area contributed by atoms with E-state index in [-0.39, 0.29) is 0 Å². The van der Waals surface area contributed by atoms with Crippen molar-refractivity contribution in [1.82, 2.24) is 0 Å². The van der Waals surface area contributed by atoms with Crippen molar-refractivity contribution in [3.63, 3.8) is 0 Å². The molecule has 4 atom stereocenters. The maximum Gasteiger partial charge on any atom is 0.0609 e. The molecule has 0 spiro atoms. The van der Waals surface area contributed by atoms with Gasteiger partial charge in [0.05, 0.1) is 12.2 Å². The van der Waals surface area contributed by atoms with Crippen LogP contribution in [-0.4, -0.2) is 18.2 Å². The van der Waals surface area contributed by atoms with Crippen molar-refractivity contribution in [2.24, 2.45) is 11.7 Å². The Balaban J connectivity index is 1.76. The maximum atomic E-state index is 5.78. The fourth-order valence-corrected chi connectivity index (χ4v) is 2.52. The summed E-state index contributed by atoms with van der Waals surface area (Å²) in [5.74, 6) is 0.828. The molecule has 0 radical (unpaired) electrons. The lowest BCUT2D eigenvalue weighted by Crippen LogP contribution is -2.21. The first-order chi connectivity index (χ1) is 5.75. The second kappa shape index (κ2) is 3.35. The highest BCUT2D eigenvalue weighted by Gasteiger charge is 2.39. The van der Waals surface area contributed by atoms with Gasteiger partial charge in [0.2, 0.25) is 0 Å². The van der Waals surface area contributed by atoms with E-state index in [4.69, 9.17) is 10.5 Å². The van der Waals surface area contributed by atoms with Gasteiger partial charge in [-0.2, -0.15) is 0 Å². The van der Waals surface area contributed by atoms with E-state index in [1.54, 1.807) is 0 Å². The van der Waals surface area contributed by atoms with Crippen molar-refractivity contribution in [2.45, 2.75) is 57.3 Å². The summed E-state index contributed by atoms with van der Waals surface area (Å²) in [6.45, 7) is 2.09. The zero-order chi connectivity index (χ0) is 8.55. The fourth-order valence-electron chi connectivity index (χ4n) is 2.52. The second-order valence-electron chi connectivity index (χ2n) is 4.42. The number of hydrogen-bond donors (Lipinski definition) is 1. The van der Waals surface area contributed by atoms with Gasteiger partial charge in [0.15, 0.2) is 0 Å². The van der Waals surface area contributed by atoms with E-state index in [1.807, 2.05) is 0 Å². The predicted molar refractivity (Wildman–Crippen MR) is 48.9 cm³/mol. The lowest BCUT2D eigenvalue weighted by Gasteiger charge is -2.18. The third-order valence-corrected chi connectivity index (χ3v) is 3.22. The van der Waals surface area contributed by atoms with E-state index >= 15 is 0 Å². The van der Waals surface area contributed by atoms with E-state index < -0.39 is 0 Å². The molecule has 2 nitrogen and oxygen atoms in total. The van der Waals surface area contributed by atoms with Crippen molar-refractivity contribution in [3.8, 4) is 0 Å². The Hall–Kier alpha value is -0.0800. The molecule has 2 aliphatic heterocycles. The van der Waals surface area contributed by atoms with Gasteiger partial charge in [0.1, 0.15) is 0 Å². The summed E-state index contributed by atoms with van der Waals surface area (Å²) >= 11 is 0. The minimum atomic E-state index is 0.365. The van der Waals surface area contributed by atoms with Crippen LogP contribution in [0.3, 0.4) is 0 Å². The summed E-state index contributed by atoms with van der Waals surface area (Å²) in [5, 5.41) is 0. The van der Waals surface area contributed by atoms with E-state index in [1.165, 1.54) is 25.7 Å². The Kier molecular flexibility index (Phi) is 2.37. The molecule has 2 heterocycles. The average Bonchev–Trinajstić information content (AvgIpc) is 2.60.